The van der Waals surface area contributed by atoms with Crippen LogP contribution in [0.5, 0.6) is 0 Å². The third kappa shape index (κ3) is 2.85. The summed E-state index contributed by atoms with van der Waals surface area (Å²) >= 11 is 0. The van der Waals surface area contributed by atoms with E-state index in [1.807, 2.05) is 0 Å². The molecule has 60 valence electrons. The molecule has 0 saturated carbocycles. The molecule has 3 nitrogen and oxygen atoms in total. The molecule has 11 heavy (non-hydrogen) atoms. The molecule has 1 aromatic carbocycles. The maximum atomic E-state index is 8.66. The minimum atomic E-state index is -1.83. The van der Waals surface area contributed by atoms with Gasteiger partial charge in [-0.15, -0.1) is 0 Å². The molecule has 0 aromatic heterocycles. The Labute approximate surface area is 66.4 Å². The number of hydrogen-bond donors (Lipinski definition) is 3. The number of anilines is 1. The van der Waals surface area contributed by atoms with Crippen molar-refractivity contribution >= 4 is 14.1 Å². The van der Waals surface area contributed by atoms with E-state index >= 15 is 0 Å². The first kappa shape index (κ1) is 8.47. The second kappa shape index (κ2) is 3.67. The van der Waals surface area contributed by atoms with Gasteiger partial charge in [-0.25, -0.2) is 0 Å². The molecule has 0 fully saturated rings. The fraction of sp³-hybridized carbons (Fsp3) is 0.143. The molecule has 0 unspecified atom stereocenters. The summed E-state index contributed by atoms with van der Waals surface area (Å²) in [6.07, 6.45) is 0.315. The quantitative estimate of drug-likeness (QED) is 0.460. The van der Waals surface area contributed by atoms with Crippen molar-refractivity contribution in [2.75, 3.05) is 5.73 Å². The van der Waals surface area contributed by atoms with Gasteiger partial charge in [0.05, 0.1) is 0 Å². The monoisotopic (exact) mass is 171 g/mol. The summed E-state index contributed by atoms with van der Waals surface area (Å²) in [6, 6.07) is 7.07. The van der Waals surface area contributed by atoms with Crippen molar-refractivity contribution in [2.45, 2.75) is 6.16 Å². The lowest BCUT2D eigenvalue weighted by molar-refractivity contribution is 0.481. The number of rotatable bonds is 2. The van der Waals surface area contributed by atoms with Crippen LogP contribution < -0.4 is 5.73 Å². The Balaban J connectivity index is 2.66. The zero-order chi connectivity index (χ0) is 8.27. The minimum absolute atomic E-state index is 0.315. The van der Waals surface area contributed by atoms with Gasteiger partial charge in [0.1, 0.15) is 0 Å². The summed E-state index contributed by atoms with van der Waals surface area (Å²) in [4.78, 5) is 17.3. The maximum Gasteiger partial charge on any atom is 0.169 e. The van der Waals surface area contributed by atoms with E-state index in [4.69, 9.17) is 15.5 Å². The van der Waals surface area contributed by atoms with Gasteiger partial charge >= 0.3 is 0 Å². The lowest BCUT2D eigenvalue weighted by Crippen LogP contribution is -1.86. The Morgan fingerprint density at radius 3 is 2.18 bits per heavy atom. The van der Waals surface area contributed by atoms with Crippen molar-refractivity contribution in [1.82, 2.24) is 0 Å². The molecular weight excluding hydrogens is 161 g/mol. The van der Waals surface area contributed by atoms with Gasteiger partial charge < -0.3 is 15.5 Å². The zero-order valence-electron chi connectivity index (χ0n) is 5.94. The Bertz CT molecular complexity index is 222. The van der Waals surface area contributed by atoms with E-state index in [9.17, 15) is 0 Å². The predicted octanol–water partition coefficient (Wildman–Crippen LogP) is 1.07. The summed E-state index contributed by atoms with van der Waals surface area (Å²) in [5.41, 5.74) is 7.03. The first-order valence-electron chi connectivity index (χ1n) is 3.18. The first-order chi connectivity index (χ1) is 5.18. The Hall–Kier alpha value is -0.630. The van der Waals surface area contributed by atoms with Crippen LogP contribution >= 0.6 is 8.38 Å². The molecule has 1 aromatic rings. The van der Waals surface area contributed by atoms with Crippen LogP contribution in [0.1, 0.15) is 5.56 Å². The summed E-state index contributed by atoms with van der Waals surface area (Å²) in [5, 5.41) is 0. The van der Waals surface area contributed by atoms with Gasteiger partial charge in [-0.05, 0) is 17.7 Å². The van der Waals surface area contributed by atoms with Crippen LogP contribution in [-0.2, 0) is 6.16 Å². The zero-order valence-corrected chi connectivity index (χ0v) is 6.83. The first-order valence-corrected chi connectivity index (χ1v) is 4.61. The van der Waals surface area contributed by atoms with Gasteiger partial charge in [-0.3, -0.25) is 0 Å². The predicted molar refractivity (Wildman–Crippen MR) is 45.9 cm³/mol. The van der Waals surface area contributed by atoms with E-state index in [0.29, 0.717) is 11.8 Å². The molecule has 0 heterocycles. The normalized spacial score (nSPS) is 10.5. The van der Waals surface area contributed by atoms with Gasteiger partial charge in [0.2, 0.25) is 0 Å². The molecule has 1 rings (SSSR count). The van der Waals surface area contributed by atoms with Crippen LogP contribution in [0.3, 0.4) is 0 Å². The minimum Gasteiger partial charge on any atom is -0.399 e. The number of benzene rings is 1. The third-order valence-electron chi connectivity index (χ3n) is 1.30. The topological polar surface area (TPSA) is 66.5 Å². The van der Waals surface area contributed by atoms with Crippen molar-refractivity contribution in [2.24, 2.45) is 0 Å². The number of nitrogen functional groups attached to an aromatic ring is 1. The van der Waals surface area contributed by atoms with Crippen molar-refractivity contribution in [3.8, 4) is 0 Å². The second-order valence-corrected chi connectivity index (χ2v) is 3.33. The molecule has 0 spiro atoms. The van der Waals surface area contributed by atoms with Gasteiger partial charge in [0.15, 0.2) is 8.38 Å². The van der Waals surface area contributed by atoms with E-state index in [2.05, 4.69) is 0 Å². The smallest absolute Gasteiger partial charge is 0.169 e. The van der Waals surface area contributed by atoms with Gasteiger partial charge in [0, 0.05) is 11.8 Å². The van der Waals surface area contributed by atoms with Crippen LogP contribution in [0.15, 0.2) is 24.3 Å². The molecular formula is C7H10NO2P. The van der Waals surface area contributed by atoms with E-state index in [-0.39, 0.29) is 0 Å². The standard InChI is InChI=1S/C7H10NO2P/c8-7-3-1-6(2-4-7)5-11(9)10/h1-4,9-10H,5,8H2. The van der Waals surface area contributed by atoms with Crippen molar-refractivity contribution in [3.05, 3.63) is 29.8 Å². The highest BCUT2D eigenvalue weighted by atomic mass is 31.2. The van der Waals surface area contributed by atoms with E-state index in [1.54, 1.807) is 24.3 Å². The van der Waals surface area contributed by atoms with Crippen LogP contribution in [0.4, 0.5) is 5.69 Å². The summed E-state index contributed by atoms with van der Waals surface area (Å²) in [7, 11) is -1.83. The van der Waals surface area contributed by atoms with Crippen molar-refractivity contribution < 1.29 is 9.79 Å². The molecule has 4 N–H and O–H groups in total. The van der Waals surface area contributed by atoms with Crippen LogP contribution in [0, 0.1) is 0 Å². The molecule has 0 bridgehead atoms. The van der Waals surface area contributed by atoms with Gasteiger partial charge in [-0.1, -0.05) is 12.1 Å². The average Bonchev–Trinajstić information content (AvgIpc) is 1.93. The molecule has 0 aliphatic rings. The van der Waals surface area contributed by atoms with Crippen molar-refractivity contribution in [1.29, 1.82) is 0 Å². The lowest BCUT2D eigenvalue weighted by Gasteiger charge is -2.01. The fourth-order valence-electron chi connectivity index (χ4n) is 0.786. The van der Waals surface area contributed by atoms with E-state index < -0.39 is 8.38 Å². The van der Waals surface area contributed by atoms with Crippen LogP contribution in [0.25, 0.3) is 0 Å². The average molecular weight is 171 g/mol. The Kier molecular flexibility index (Phi) is 2.83. The summed E-state index contributed by atoms with van der Waals surface area (Å²) in [5.74, 6) is 0. The highest BCUT2D eigenvalue weighted by Crippen LogP contribution is 2.28. The SMILES string of the molecule is Nc1ccc(CP(O)O)cc1. The molecule has 0 saturated heterocycles. The highest BCUT2D eigenvalue weighted by Gasteiger charge is 1.99. The largest absolute Gasteiger partial charge is 0.399 e. The molecule has 0 aliphatic carbocycles. The lowest BCUT2D eigenvalue weighted by atomic mass is 10.2. The van der Waals surface area contributed by atoms with Gasteiger partial charge in [0.25, 0.3) is 0 Å². The van der Waals surface area contributed by atoms with Gasteiger partial charge in [-0.2, -0.15) is 0 Å². The molecule has 0 atom stereocenters. The van der Waals surface area contributed by atoms with Crippen LogP contribution in [0.2, 0.25) is 0 Å². The third-order valence-corrected chi connectivity index (χ3v) is 1.95. The maximum absolute atomic E-state index is 8.66. The van der Waals surface area contributed by atoms with Crippen molar-refractivity contribution in [3.63, 3.8) is 0 Å². The summed E-state index contributed by atoms with van der Waals surface area (Å²) in [6.45, 7) is 0. The van der Waals surface area contributed by atoms with E-state index in [0.717, 1.165) is 5.56 Å². The second-order valence-electron chi connectivity index (χ2n) is 2.27. The molecule has 0 amide bonds. The molecule has 4 heteroatoms. The Morgan fingerprint density at radius 1 is 1.18 bits per heavy atom. The van der Waals surface area contributed by atoms with Crippen LogP contribution in [-0.4, -0.2) is 9.79 Å². The highest BCUT2D eigenvalue weighted by molar-refractivity contribution is 7.44. The van der Waals surface area contributed by atoms with E-state index in [1.165, 1.54) is 0 Å². The molecule has 0 aliphatic heterocycles. The Morgan fingerprint density at radius 2 is 1.73 bits per heavy atom. The molecule has 0 radical (unpaired) electrons. The number of hydrogen-bond acceptors (Lipinski definition) is 3. The number of nitrogens with two attached hydrogens (primary N) is 1. The fourth-order valence-corrected chi connectivity index (χ4v) is 1.32. The summed E-state index contributed by atoms with van der Waals surface area (Å²) < 4.78 is 0.